The molecular formula is C17H32N4Y. The van der Waals surface area contributed by atoms with E-state index in [0.717, 1.165) is 13.1 Å². The molecular weight excluding hydrogens is 349 g/mol. The standard InChI is InChI=1S/C16H28N4.CH4.Y/c1-4-6-7-20-12-18-10-16(20)13(3)8-14(5-2)15-9-17-11-19-15;;/h10-15H,4-9H2,1-3H3,(H,17,19);1H4;. The van der Waals surface area contributed by atoms with Crippen molar-refractivity contribution in [2.75, 3.05) is 6.54 Å². The maximum absolute atomic E-state index is 4.35. The van der Waals surface area contributed by atoms with Crippen molar-refractivity contribution in [3.63, 3.8) is 0 Å². The van der Waals surface area contributed by atoms with Gasteiger partial charge in [-0.2, -0.15) is 0 Å². The van der Waals surface area contributed by atoms with Gasteiger partial charge in [0.15, 0.2) is 0 Å². The van der Waals surface area contributed by atoms with Crippen LogP contribution in [0, 0.1) is 5.92 Å². The molecule has 1 aliphatic rings. The van der Waals surface area contributed by atoms with E-state index < -0.39 is 0 Å². The quantitative estimate of drug-likeness (QED) is 0.744. The van der Waals surface area contributed by atoms with Crippen molar-refractivity contribution < 1.29 is 32.7 Å². The van der Waals surface area contributed by atoms with Crippen LogP contribution in [0.5, 0.6) is 0 Å². The van der Waals surface area contributed by atoms with Gasteiger partial charge in [0.1, 0.15) is 0 Å². The third kappa shape index (κ3) is 5.77. The van der Waals surface area contributed by atoms with Crippen LogP contribution in [-0.2, 0) is 39.3 Å². The molecule has 22 heavy (non-hydrogen) atoms. The number of aromatic nitrogens is 2. The molecule has 1 N–H and O–H groups in total. The molecule has 0 spiro atoms. The number of hydrogen-bond acceptors (Lipinski definition) is 3. The van der Waals surface area contributed by atoms with Crippen LogP contribution in [0.25, 0.3) is 0 Å². The van der Waals surface area contributed by atoms with Crippen LogP contribution in [0.3, 0.4) is 0 Å². The van der Waals surface area contributed by atoms with Gasteiger partial charge in [-0.3, -0.25) is 4.99 Å². The maximum Gasteiger partial charge on any atom is 0.0948 e. The van der Waals surface area contributed by atoms with Gasteiger partial charge in [-0.1, -0.05) is 41.0 Å². The number of hydrogen-bond donors (Lipinski definition) is 1. The van der Waals surface area contributed by atoms with Gasteiger partial charge < -0.3 is 9.88 Å². The summed E-state index contributed by atoms with van der Waals surface area (Å²) in [6, 6.07) is 0.523. The molecule has 3 unspecified atom stereocenters. The van der Waals surface area contributed by atoms with Gasteiger partial charge >= 0.3 is 0 Å². The van der Waals surface area contributed by atoms with E-state index in [9.17, 15) is 0 Å². The summed E-state index contributed by atoms with van der Waals surface area (Å²) < 4.78 is 2.33. The van der Waals surface area contributed by atoms with Gasteiger partial charge in [0.25, 0.3) is 0 Å². The summed E-state index contributed by atoms with van der Waals surface area (Å²) in [6.07, 6.45) is 10.8. The number of imidazole rings is 1. The molecule has 4 nitrogen and oxygen atoms in total. The Balaban J connectivity index is 0.00000220. The first-order chi connectivity index (χ1) is 9.76. The van der Waals surface area contributed by atoms with Crippen LogP contribution < -0.4 is 5.32 Å². The number of aliphatic imine (C=N–C) groups is 1. The van der Waals surface area contributed by atoms with Crippen molar-refractivity contribution in [3.8, 4) is 0 Å². The summed E-state index contributed by atoms with van der Waals surface area (Å²) in [5, 5.41) is 3.39. The minimum absolute atomic E-state index is 0. The predicted molar refractivity (Wildman–Crippen MR) is 91.0 cm³/mol. The van der Waals surface area contributed by atoms with Gasteiger partial charge in [-0.25, -0.2) is 4.98 Å². The second-order valence-corrected chi connectivity index (χ2v) is 5.94. The maximum atomic E-state index is 4.35. The van der Waals surface area contributed by atoms with Crippen molar-refractivity contribution >= 4 is 6.34 Å². The smallest absolute Gasteiger partial charge is 0.0948 e. The van der Waals surface area contributed by atoms with Gasteiger partial charge in [-0.15, -0.1) is 0 Å². The van der Waals surface area contributed by atoms with Crippen LogP contribution in [-0.4, -0.2) is 28.5 Å². The van der Waals surface area contributed by atoms with E-state index in [1.54, 1.807) is 0 Å². The molecule has 123 valence electrons. The van der Waals surface area contributed by atoms with E-state index in [2.05, 4.69) is 40.6 Å². The molecule has 0 amide bonds. The third-order valence-electron chi connectivity index (χ3n) is 4.43. The number of unbranched alkanes of at least 4 members (excludes halogenated alkanes) is 1. The fraction of sp³-hybridized carbons (Fsp3) is 0.765. The monoisotopic (exact) mass is 381 g/mol. The Kier molecular flexibility index (Phi) is 11.2. The molecule has 0 saturated carbocycles. The first kappa shape index (κ1) is 21.8. The van der Waals surface area contributed by atoms with E-state index in [0.29, 0.717) is 17.9 Å². The fourth-order valence-electron chi connectivity index (χ4n) is 3.10. The van der Waals surface area contributed by atoms with Crippen LogP contribution in [0.4, 0.5) is 0 Å². The van der Waals surface area contributed by atoms with Gasteiger partial charge in [0, 0.05) is 57.2 Å². The van der Waals surface area contributed by atoms with Crippen LogP contribution in [0.1, 0.15) is 65.5 Å². The second-order valence-electron chi connectivity index (χ2n) is 5.94. The molecule has 0 aliphatic carbocycles. The van der Waals surface area contributed by atoms with E-state index in [4.69, 9.17) is 0 Å². The second kappa shape index (κ2) is 11.3. The van der Waals surface area contributed by atoms with Gasteiger partial charge in [0.05, 0.1) is 19.2 Å². The predicted octanol–water partition coefficient (Wildman–Crippen LogP) is 3.84. The van der Waals surface area contributed by atoms with E-state index in [1.165, 1.54) is 31.4 Å². The topological polar surface area (TPSA) is 42.2 Å². The fourth-order valence-corrected chi connectivity index (χ4v) is 3.10. The van der Waals surface area contributed by atoms with Crippen molar-refractivity contribution in [1.29, 1.82) is 0 Å². The average molecular weight is 381 g/mol. The van der Waals surface area contributed by atoms with Crippen LogP contribution in [0.2, 0.25) is 0 Å². The van der Waals surface area contributed by atoms with Gasteiger partial charge in [0.2, 0.25) is 0 Å². The molecule has 2 rings (SSSR count). The van der Waals surface area contributed by atoms with E-state index in [-0.39, 0.29) is 40.1 Å². The molecule has 2 heterocycles. The van der Waals surface area contributed by atoms with Gasteiger partial charge in [-0.05, 0) is 24.7 Å². The molecule has 0 aromatic carbocycles. The molecule has 3 atom stereocenters. The molecule has 1 radical (unpaired) electrons. The van der Waals surface area contributed by atoms with Crippen LogP contribution in [0.15, 0.2) is 17.5 Å². The van der Waals surface area contributed by atoms with Crippen LogP contribution >= 0.6 is 0 Å². The molecule has 0 fully saturated rings. The molecule has 1 aliphatic heterocycles. The zero-order valence-electron chi connectivity index (χ0n) is 13.6. The summed E-state index contributed by atoms with van der Waals surface area (Å²) in [7, 11) is 0. The summed E-state index contributed by atoms with van der Waals surface area (Å²) >= 11 is 0. The number of aryl methyl sites for hydroxylation is 1. The summed E-state index contributed by atoms with van der Waals surface area (Å²) in [5.74, 6) is 1.24. The zero-order valence-corrected chi connectivity index (χ0v) is 16.5. The largest absolute Gasteiger partial charge is 0.372 e. The van der Waals surface area contributed by atoms with Crippen molar-refractivity contribution in [2.45, 2.75) is 72.4 Å². The first-order valence-corrected chi connectivity index (χ1v) is 8.00. The number of nitrogens with zero attached hydrogens (tertiary/aromatic N) is 3. The van der Waals surface area contributed by atoms with Crippen molar-refractivity contribution in [1.82, 2.24) is 14.9 Å². The van der Waals surface area contributed by atoms with E-state index in [1.807, 2.05) is 18.9 Å². The zero-order chi connectivity index (χ0) is 14.4. The SMILES string of the molecule is C.CCCCn1cncc1C(C)CC(CC)C1CN=CN1.[Y]. The van der Waals surface area contributed by atoms with Crippen molar-refractivity contribution in [3.05, 3.63) is 18.2 Å². The Morgan fingerprint density at radius 2 is 2.18 bits per heavy atom. The molecule has 0 bridgehead atoms. The molecule has 1 aromatic rings. The molecule has 5 heteroatoms. The Hall–Kier alpha value is -0.216. The third-order valence-corrected chi connectivity index (χ3v) is 4.43. The summed E-state index contributed by atoms with van der Waals surface area (Å²) in [6.45, 7) is 8.88. The first-order valence-electron chi connectivity index (χ1n) is 8.00. The minimum atomic E-state index is 0. The molecule has 1 aromatic heterocycles. The van der Waals surface area contributed by atoms with Crippen molar-refractivity contribution in [2.24, 2.45) is 10.9 Å². The Labute approximate surface area is 161 Å². The Morgan fingerprint density at radius 1 is 1.41 bits per heavy atom. The minimum Gasteiger partial charge on any atom is -0.372 e. The summed E-state index contributed by atoms with van der Waals surface area (Å²) in [5.41, 5.74) is 1.39. The number of rotatable bonds is 8. The molecule has 0 saturated heterocycles. The van der Waals surface area contributed by atoms with E-state index >= 15 is 0 Å². The average Bonchev–Trinajstić information content (AvgIpc) is 3.13. The normalized spacial score (nSPS) is 19.0. The number of nitrogens with one attached hydrogen (secondary N) is 1. The summed E-state index contributed by atoms with van der Waals surface area (Å²) in [4.78, 5) is 8.66. The Bertz CT molecular complexity index is 422. The Morgan fingerprint density at radius 3 is 2.77 bits per heavy atom.